The van der Waals surface area contributed by atoms with Gasteiger partial charge in [0.25, 0.3) is 0 Å². The summed E-state index contributed by atoms with van der Waals surface area (Å²) in [4.78, 5) is 0. The van der Waals surface area contributed by atoms with Crippen LogP contribution in [0.25, 0.3) is 0 Å². The number of phenols is 1. The number of hydrogen-bond acceptors (Lipinski definition) is 3. The number of anilines is 1. The van der Waals surface area contributed by atoms with E-state index in [4.69, 9.17) is 4.74 Å². The van der Waals surface area contributed by atoms with Crippen molar-refractivity contribution >= 4 is 5.69 Å². The number of phenolic OH excluding ortho intramolecular Hbond substituents is 1. The number of rotatable bonds is 9. The number of fused-ring (bicyclic) bond motifs is 1. The molecule has 0 aliphatic heterocycles. The second kappa shape index (κ2) is 9.29. The normalized spacial score (nSPS) is 30.7. The molecule has 3 nitrogen and oxygen atoms in total. The quantitative estimate of drug-likeness (QED) is 0.474. The molecule has 3 heteroatoms. The van der Waals surface area contributed by atoms with Crippen molar-refractivity contribution < 1.29 is 9.84 Å². The smallest absolute Gasteiger partial charge is 0.117 e. The number of aromatic hydroxyl groups is 1. The summed E-state index contributed by atoms with van der Waals surface area (Å²) in [6.07, 6.45) is 10.6. The summed E-state index contributed by atoms with van der Waals surface area (Å²) in [7, 11) is 1.83. The lowest BCUT2D eigenvalue weighted by Crippen LogP contribution is -2.41. The highest BCUT2D eigenvalue weighted by molar-refractivity contribution is 5.47. The van der Waals surface area contributed by atoms with Crippen LogP contribution in [0.3, 0.4) is 0 Å². The zero-order valence-electron chi connectivity index (χ0n) is 19.3. The molecule has 2 saturated carbocycles. The molecule has 5 atom stereocenters. The van der Waals surface area contributed by atoms with Crippen LogP contribution in [0.5, 0.6) is 5.75 Å². The molecule has 2 N–H and O–H groups in total. The highest BCUT2D eigenvalue weighted by atomic mass is 16.5. The molecule has 164 valence electrons. The standard InChI is InChI=1S/C26H43NO2/c1-19(9-7-15-25(2,3)29-5)23-13-14-24-20(10-8-16-26(23,24)4)18-27-21-11-6-12-22(28)17-21/h6,11-12,17,19-20,23-24,27-28H,7-10,13-16,18H2,1-5H3/t19-,20+,23-,24+,26-/m1/s1. The minimum atomic E-state index is 0.00924. The summed E-state index contributed by atoms with van der Waals surface area (Å²) in [5.74, 6) is 3.59. The van der Waals surface area contributed by atoms with E-state index in [9.17, 15) is 5.11 Å². The fourth-order valence-electron chi connectivity index (χ4n) is 6.58. The summed E-state index contributed by atoms with van der Waals surface area (Å²) in [6, 6.07) is 7.55. The Morgan fingerprint density at radius 2 is 2.07 bits per heavy atom. The Hall–Kier alpha value is -1.22. The van der Waals surface area contributed by atoms with Gasteiger partial charge in [-0.25, -0.2) is 0 Å². The van der Waals surface area contributed by atoms with Crippen LogP contribution in [-0.4, -0.2) is 24.4 Å². The zero-order valence-corrected chi connectivity index (χ0v) is 19.3. The molecular formula is C26H43NO2. The van der Waals surface area contributed by atoms with Gasteiger partial charge in [0.15, 0.2) is 0 Å². The Balaban J connectivity index is 1.57. The van der Waals surface area contributed by atoms with Crippen molar-refractivity contribution in [3.8, 4) is 5.75 Å². The first-order chi connectivity index (χ1) is 13.7. The molecule has 0 saturated heterocycles. The third-order valence-corrected chi connectivity index (χ3v) is 8.43. The van der Waals surface area contributed by atoms with Crippen molar-refractivity contribution in [1.29, 1.82) is 0 Å². The summed E-state index contributed by atoms with van der Waals surface area (Å²) in [5, 5.41) is 13.3. The Morgan fingerprint density at radius 3 is 2.79 bits per heavy atom. The van der Waals surface area contributed by atoms with Crippen molar-refractivity contribution in [2.75, 3.05) is 19.0 Å². The van der Waals surface area contributed by atoms with E-state index in [1.807, 2.05) is 19.2 Å². The Bertz CT molecular complexity index is 658. The third kappa shape index (κ3) is 5.29. The van der Waals surface area contributed by atoms with Crippen LogP contribution >= 0.6 is 0 Å². The molecule has 1 aromatic rings. The van der Waals surface area contributed by atoms with E-state index in [2.05, 4.69) is 39.1 Å². The van der Waals surface area contributed by atoms with Crippen LogP contribution in [0.2, 0.25) is 0 Å². The molecule has 1 aromatic carbocycles. The molecular weight excluding hydrogens is 358 g/mol. The lowest BCUT2D eigenvalue weighted by Gasteiger charge is -2.47. The van der Waals surface area contributed by atoms with Crippen LogP contribution < -0.4 is 5.32 Å². The number of ether oxygens (including phenoxy) is 1. The van der Waals surface area contributed by atoms with Crippen LogP contribution in [0.15, 0.2) is 24.3 Å². The molecule has 2 aliphatic carbocycles. The van der Waals surface area contributed by atoms with Crippen molar-refractivity contribution in [1.82, 2.24) is 0 Å². The molecule has 29 heavy (non-hydrogen) atoms. The van der Waals surface area contributed by atoms with Gasteiger partial charge in [-0.15, -0.1) is 0 Å². The Morgan fingerprint density at radius 1 is 1.28 bits per heavy atom. The molecule has 0 amide bonds. The van der Waals surface area contributed by atoms with Crippen LogP contribution in [0, 0.1) is 29.1 Å². The van der Waals surface area contributed by atoms with Gasteiger partial charge >= 0.3 is 0 Å². The van der Waals surface area contributed by atoms with Crippen LogP contribution in [-0.2, 0) is 4.74 Å². The van der Waals surface area contributed by atoms with E-state index >= 15 is 0 Å². The predicted octanol–water partition coefficient (Wildman–Crippen LogP) is 6.87. The summed E-state index contributed by atoms with van der Waals surface area (Å²) < 4.78 is 5.61. The lowest BCUT2D eigenvalue weighted by molar-refractivity contribution is 0.00788. The number of methoxy groups -OCH3 is 1. The fraction of sp³-hybridized carbons (Fsp3) is 0.769. The van der Waals surface area contributed by atoms with Gasteiger partial charge in [0.05, 0.1) is 5.60 Å². The second-order valence-corrected chi connectivity index (χ2v) is 10.7. The largest absolute Gasteiger partial charge is 0.508 e. The van der Waals surface area contributed by atoms with E-state index in [0.29, 0.717) is 11.2 Å². The molecule has 2 aliphatic rings. The van der Waals surface area contributed by atoms with E-state index in [1.165, 1.54) is 44.9 Å². The predicted molar refractivity (Wildman–Crippen MR) is 122 cm³/mol. The maximum absolute atomic E-state index is 9.73. The molecule has 2 fully saturated rings. The summed E-state index contributed by atoms with van der Waals surface area (Å²) in [6.45, 7) is 10.6. The molecule has 3 rings (SSSR count). The minimum Gasteiger partial charge on any atom is -0.508 e. The Labute approximate surface area is 178 Å². The topological polar surface area (TPSA) is 41.5 Å². The first-order valence-corrected chi connectivity index (χ1v) is 11.8. The van der Waals surface area contributed by atoms with Gasteiger partial charge in [-0.2, -0.15) is 0 Å². The number of nitrogens with one attached hydrogen (secondary N) is 1. The van der Waals surface area contributed by atoms with Crippen molar-refractivity contribution in [2.24, 2.45) is 29.1 Å². The van der Waals surface area contributed by atoms with Gasteiger partial charge in [-0.1, -0.05) is 39.2 Å². The monoisotopic (exact) mass is 401 g/mol. The van der Waals surface area contributed by atoms with Gasteiger partial charge in [0, 0.05) is 25.4 Å². The molecule has 0 heterocycles. The first-order valence-electron chi connectivity index (χ1n) is 11.8. The molecule has 0 unspecified atom stereocenters. The fourth-order valence-corrected chi connectivity index (χ4v) is 6.58. The minimum absolute atomic E-state index is 0.00924. The van der Waals surface area contributed by atoms with Crippen molar-refractivity contribution in [3.05, 3.63) is 24.3 Å². The van der Waals surface area contributed by atoms with Crippen LogP contribution in [0.1, 0.15) is 79.1 Å². The van der Waals surface area contributed by atoms with Gasteiger partial charge in [0.1, 0.15) is 5.75 Å². The number of benzene rings is 1. The highest BCUT2D eigenvalue weighted by Crippen LogP contribution is 2.60. The molecule has 0 bridgehead atoms. The van der Waals surface area contributed by atoms with E-state index in [0.717, 1.165) is 42.3 Å². The van der Waals surface area contributed by atoms with Crippen molar-refractivity contribution in [3.63, 3.8) is 0 Å². The molecule has 0 aromatic heterocycles. The van der Waals surface area contributed by atoms with Gasteiger partial charge in [-0.3, -0.25) is 0 Å². The SMILES string of the molecule is COC(C)(C)CCC[C@@H](C)[C@H]1CC[C@H]2[C@H](CNc3cccc(O)c3)CCC[C@]12C. The second-order valence-electron chi connectivity index (χ2n) is 10.7. The van der Waals surface area contributed by atoms with Gasteiger partial charge in [-0.05, 0) is 87.2 Å². The average Bonchev–Trinajstić information content (AvgIpc) is 3.04. The van der Waals surface area contributed by atoms with Gasteiger partial charge in [0.2, 0.25) is 0 Å². The maximum Gasteiger partial charge on any atom is 0.117 e. The molecule has 0 spiro atoms. The third-order valence-electron chi connectivity index (χ3n) is 8.43. The van der Waals surface area contributed by atoms with E-state index in [-0.39, 0.29) is 5.60 Å². The molecule has 0 radical (unpaired) electrons. The zero-order chi connectivity index (χ0) is 21.1. The van der Waals surface area contributed by atoms with Gasteiger partial charge < -0.3 is 15.2 Å². The summed E-state index contributed by atoms with van der Waals surface area (Å²) >= 11 is 0. The van der Waals surface area contributed by atoms with Crippen LogP contribution in [0.4, 0.5) is 5.69 Å². The first kappa shape index (κ1) is 22.5. The van der Waals surface area contributed by atoms with Crippen molar-refractivity contribution in [2.45, 2.75) is 84.7 Å². The average molecular weight is 402 g/mol. The highest BCUT2D eigenvalue weighted by Gasteiger charge is 2.52. The summed E-state index contributed by atoms with van der Waals surface area (Å²) in [5.41, 5.74) is 1.55. The number of hydrogen-bond donors (Lipinski definition) is 2. The van der Waals surface area contributed by atoms with E-state index in [1.54, 1.807) is 6.07 Å². The van der Waals surface area contributed by atoms with E-state index < -0.39 is 0 Å². The maximum atomic E-state index is 9.73. The Kier molecular flexibility index (Phi) is 7.19. The lowest BCUT2D eigenvalue weighted by atomic mass is 9.59.